The third-order valence-corrected chi connectivity index (χ3v) is 1.94. The number of nitrogens with one attached hydrogen (secondary N) is 1. The lowest BCUT2D eigenvalue weighted by molar-refractivity contribution is 0.817. The Labute approximate surface area is 75.0 Å². The van der Waals surface area contributed by atoms with Gasteiger partial charge in [0.2, 0.25) is 0 Å². The van der Waals surface area contributed by atoms with Crippen molar-refractivity contribution < 1.29 is 0 Å². The van der Waals surface area contributed by atoms with Gasteiger partial charge in [-0.1, -0.05) is 12.1 Å². The van der Waals surface area contributed by atoms with Crippen molar-refractivity contribution in [2.75, 3.05) is 7.05 Å². The zero-order valence-corrected chi connectivity index (χ0v) is 8.05. The minimum Gasteiger partial charge on any atom is -0.316 e. The number of halogens is 1. The van der Waals surface area contributed by atoms with E-state index >= 15 is 0 Å². The van der Waals surface area contributed by atoms with Crippen LogP contribution in [0.15, 0.2) is 24.3 Å². The Bertz CT molecular complexity index is 210. The van der Waals surface area contributed by atoms with Crippen molar-refractivity contribution in [1.82, 2.24) is 5.32 Å². The fourth-order valence-corrected chi connectivity index (χ4v) is 1.46. The molecule has 0 aromatic heterocycles. The fourth-order valence-electron chi connectivity index (χ4n) is 0.851. The molecule has 0 radical (unpaired) electrons. The lowest BCUT2D eigenvalue weighted by atomic mass is 10.2. The molecule has 0 fully saturated rings. The molecule has 0 aliphatic rings. The second-order valence-corrected chi connectivity index (χ2v) is 3.41. The van der Waals surface area contributed by atoms with E-state index in [9.17, 15) is 0 Å². The van der Waals surface area contributed by atoms with Gasteiger partial charge in [0.25, 0.3) is 0 Å². The Hall–Kier alpha value is -0.0900. The lowest BCUT2D eigenvalue weighted by Crippen LogP contribution is -2.04. The molecule has 1 rings (SSSR count). The summed E-state index contributed by atoms with van der Waals surface area (Å²) in [6.07, 6.45) is 0. The molecule has 2 heteroatoms. The predicted octanol–water partition coefficient (Wildman–Crippen LogP) is 2.01. The first-order chi connectivity index (χ1) is 4.83. The van der Waals surface area contributed by atoms with Crippen LogP contribution >= 0.6 is 22.6 Å². The summed E-state index contributed by atoms with van der Waals surface area (Å²) in [6, 6.07) is 8.48. The first kappa shape index (κ1) is 8.01. The minimum atomic E-state index is 0.955. The van der Waals surface area contributed by atoms with E-state index in [0.717, 1.165) is 6.54 Å². The molecule has 1 N–H and O–H groups in total. The quantitative estimate of drug-likeness (QED) is 0.788. The smallest absolute Gasteiger partial charge is 0.0202 e. The molecule has 0 heterocycles. The molecule has 1 aromatic rings. The first-order valence-electron chi connectivity index (χ1n) is 3.22. The third-order valence-electron chi connectivity index (χ3n) is 1.27. The summed E-state index contributed by atoms with van der Waals surface area (Å²) < 4.78 is 1.30. The van der Waals surface area contributed by atoms with Crippen LogP contribution in [0.2, 0.25) is 0 Å². The van der Waals surface area contributed by atoms with Crippen LogP contribution < -0.4 is 5.32 Å². The maximum Gasteiger partial charge on any atom is 0.0202 e. The van der Waals surface area contributed by atoms with Crippen molar-refractivity contribution in [2.45, 2.75) is 6.54 Å². The molecule has 0 aliphatic carbocycles. The van der Waals surface area contributed by atoms with Crippen molar-refractivity contribution >= 4 is 22.6 Å². The highest BCUT2D eigenvalue weighted by Crippen LogP contribution is 2.06. The van der Waals surface area contributed by atoms with Gasteiger partial charge in [0.1, 0.15) is 0 Å². The van der Waals surface area contributed by atoms with Gasteiger partial charge in [-0.15, -0.1) is 0 Å². The first-order valence-corrected chi connectivity index (χ1v) is 4.30. The van der Waals surface area contributed by atoms with Crippen LogP contribution in [0.1, 0.15) is 5.56 Å². The van der Waals surface area contributed by atoms with Crippen LogP contribution in [0.4, 0.5) is 0 Å². The van der Waals surface area contributed by atoms with E-state index in [2.05, 4.69) is 52.2 Å². The number of hydrogen-bond donors (Lipinski definition) is 1. The Morgan fingerprint density at radius 1 is 1.50 bits per heavy atom. The average Bonchev–Trinajstić information content (AvgIpc) is 1.88. The van der Waals surface area contributed by atoms with Crippen LogP contribution in [-0.2, 0) is 6.54 Å². The van der Waals surface area contributed by atoms with E-state index in [-0.39, 0.29) is 0 Å². The van der Waals surface area contributed by atoms with Crippen LogP contribution in [0.25, 0.3) is 0 Å². The summed E-state index contributed by atoms with van der Waals surface area (Å²) in [7, 11) is 1.96. The molecule has 0 aliphatic heterocycles. The van der Waals surface area contributed by atoms with E-state index in [1.165, 1.54) is 9.13 Å². The van der Waals surface area contributed by atoms with Gasteiger partial charge >= 0.3 is 0 Å². The molecule has 1 aromatic carbocycles. The maximum atomic E-state index is 3.11. The molecule has 54 valence electrons. The van der Waals surface area contributed by atoms with Gasteiger partial charge in [-0.05, 0) is 47.3 Å². The summed E-state index contributed by atoms with van der Waals surface area (Å²) in [6.45, 7) is 0.955. The van der Waals surface area contributed by atoms with Crippen LogP contribution in [0, 0.1) is 3.57 Å². The molecule has 0 amide bonds. The lowest BCUT2D eigenvalue weighted by Gasteiger charge is -1.98. The maximum absolute atomic E-state index is 3.11. The number of rotatable bonds is 2. The van der Waals surface area contributed by atoms with Gasteiger partial charge in [0, 0.05) is 10.1 Å². The Balaban J connectivity index is 2.75. The van der Waals surface area contributed by atoms with Crippen LogP contribution in [0.3, 0.4) is 0 Å². The zero-order valence-electron chi connectivity index (χ0n) is 5.89. The predicted molar refractivity (Wildman–Crippen MR) is 51.9 cm³/mol. The second kappa shape index (κ2) is 3.93. The van der Waals surface area contributed by atoms with Crippen molar-refractivity contribution in [3.8, 4) is 0 Å². The Morgan fingerprint density at radius 3 is 2.90 bits per heavy atom. The van der Waals surface area contributed by atoms with E-state index in [1.54, 1.807) is 0 Å². The molecule has 0 bridgehead atoms. The second-order valence-electron chi connectivity index (χ2n) is 2.16. The van der Waals surface area contributed by atoms with Gasteiger partial charge in [0.05, 0.1) is 0 Å². The summed E-state index contributed by atoms with van der Waals surface area (Å²) in [5, 5.41) is 3.11. The van der Waals surface area contributed by atoms with E-state index < -0.39 is 0 Å². The molecule has 10 heavy (non-hydrogen) atoms. The van der Waals surface area contributed by atoms with Gasteiger partial charge in [0.15, 0.2) is 0 Å². The highest BCUT2D eigenvalue weighted by atomic mass is 127. The van der Waals surface area contributed by atoms with Gasteiger partial charge in [-0.3, -0.25) is 0 Å². The standard InChI is InChI=1S/C8H10IN/c1-10-6-7-3-2-4-8(9)5-7/h2-5,10H,6H2,1H3. The monoisotopic (exact) mass is 247 g/mol. The highest BCUT2D eigenvalue weighted by molar-refractivity contribution is 14.1. The largest absolute Gasteiger partial charge is 0.316 e. The summed E-state index contributed by atoms with van der Waals surface area (Å²) in [4.78, 5) is 0. The Kier molecular flexibility index (Phi) is 3.15. The number of benzene rings is 1. The van der Waals surface area contributed by atoms with Crippen molar-refractivity contribution in [3.05, 3.63) is 33.4 Å². The van der Waals surface area contributed by atoms with Gasteiger partial charge in [-0.25, -0.2) is 0 Å². The van der Waals surface area contributed by atoms with Crippen LogP contribution in [0.5, 0.6) is 0 Å². The molecular weight excluding hydrogens is 237 g/mol. The molecule has 0 saturated heterocycles. The Morgan fingerprint density at radius 2 is 2.30 bits per heavy atom. The zero-order chi connectivity index (χ0) is 7.40. The van der Waals surface area contributed by atoms with E-state index in [4.69, 9.17) is 0 Å². The van der Waals surface area contributed by atoms with Gasteiger partial charge in [-0.2, -0.15) is 0 Å². The summed E-state index contributed by atoms with van der Waals surface area (Å²) in [5.41, 5.74) is 1.34. The average molecular weight is 247 g/mol. The van der Waals surface area contributed by atoms with E-state index in [1.807, 2.05) is 7.05 Å². The summed E-state index contributed by atoms with van der Waals surface area (Å²) >= 11 is 2.32. The molecule has 0 atom stereocenters. The number of hydrogen-bond acceptors (Lipinski definition) is 1. The fraction of sp³-hybridized carbons (Fsp3) is 0.250. The van der Waals surface area contributed by atoms with E-state index in [0.29, 0.717) is 0 Å². The third kappa shape index (κ3) is 2.27. The topological polar surface area (TPSA) is 12.0 Å². The molecule has 0 saturated carbocycles. The molecule has 0 spiro atoms. The SMILES string of the molecule is CNCc1cccc(I)c1. The molecule has 1 nitrogen and oxygen atoms in total. The summed E-state index contributed by atoms with van der Waals surface area (Å²) in [5.74, 6) is 0. The van der Waals surface area contributed by atoms with Crippen molar-refractivity contribution in [3.63, 3.8) is 0 Å². The molecular formula is C8H10IN. The normalized spacial score (nSPS) is 9.80. The van der Waals surface area contributed by atoms with Gasteiger partial charge < -0.3 is 5.32 Å². The highest BCUT2D eigenvalue weighted by Gasteiger charge is 1.89. The minimum absolute atomic E-state index is 0.955. The van der Waals surface area contributed by atoms with Crippen molar-refractivity contribution in [1.29, 1.82) is 0 Å². The van der Waals surface area contributed by atoms with Crippen LogP contribution in [-0.4, -0.2) is 7.05 Å². The molecule has 0 unspecified atom stereocenters. The van der Waals surface area contributed by atoms with Crippen molar-refractivity contribution in [2.24, 2.45) is 0 Å².